The first-order valence-corrected chi connectivity index (χ1v) is 10.4. The normalized spacial score (nSPS) is 15.1. The van der Waals surface area contributed by atoms with E-state index in [1.165, 1.54) is 21.4 Å². The molecule has 0 spiro atoms. The van der Waals surface area contributed by atoms with Crippen LogP contribution >= 0.6 is 11.8 Å². The van der Waals surface area contributed by atoms with Gasteiger partial charge in [0.2, 0.25) is 5.91 Å². The third-order valence-electron chi connectivity index (χ3n) is 5.22. The summed E-state index contributed by atoms with van der Waals surface area (Å²) in [6, 6.07) is 15.7. The average molecular weight is 394 g/mol. The van der Waals surface area contributed by atoms with E-state index < -0.39 is 0 Å². The monoisotopic (exact) mass is 393 g/mol. The minimum absolute atomic E-state index is 0.0153. The number of amides is 1. The average Bonchev–Trinajstić information content (AvgIpc) is 2.72. The molecule has 0 N–H and O–H groups in total. The number of para-hydroxylation sites is 1. The summed E-state index contributed by atoms with van der Waals surface area (Å²) in [7, 11) is 0. The number of aryl methyl sites for hydroxylation is 1. The van der Waals surface area contributed by atoms with Gasteiger partial charge >= 0.3 is 0 Å². The van der Waals surface area contributed by atoms with Gasteiger partial charge in [-0.25, -0.2) is 4.98 Å². The molecule has 1 amide bonds. The predicted octanol–water partition coefficient (Wildman–Crippen LogP) is 3.49. The lowest BCUT2D eigenvalue weighted by molar-refractivity contribution is -0.132. The molecule has 0 atom stereocenters. The number of piperidine rings is 1. The Morgan fingerprint density at radius 1 is 1.11 bits per heavy atom. The summed E-state index contributed by atoms with van der Waals surface area (Å²) in [5, 5.41) is 1.07. The molecule has 1 fully saturated rings. The summed E-state index contributed by atoms with van der Waals surface area (Å²) >= 11 is 1.91. The van der Waals surface area contributed by atoms with Crippen molar-refractivity contribution in [1.29, 1.82) is 0 Å². The van der Waals surface area contributed by atoms with Crippen molar-refractivity contribution in [3.05, 3.63) is 70.8 Å². The van der Waals surface area contributed by atoms with Crippen LogP contribution in [0.1, 0.15) is 18.4 Å². The fraction of sp³-hybridized carbons (Fsp3) is 0.318. The van der Waals surface area contributed by atoms with Crippen molar-refractivity contribution in [3.8, 4) is 0 Å². The maximum absolute atomic E-state index is 12.7. The van der Waals surface area contributed by atoms with Crippen LogP contribution in [0.2, 0.25) is 0 Å². The molecule has 144 valence electrons. The standard InChI is InChI=1S/C22H23N3O2S/c1-16-6-2-5-9-20(16)28-17-10-12-24(13-11-17)21(26)14-25-15-23-19-8-4-3-7-18(19)22(25)27/h2-9,15,17H,10-14H2,1H3. The van der Waals surface area contributed by atoms with E-state index >= 15 is 0 Å². The minimum Gasteiger partial charge on any atom is -0.341 e. The van der Waals surface area contributed by atoms with Gasteiger partial charge in [-0.3, -0.25) is 14.2 Å². The first-order chi connectivity index (χ1) is 13.6. The number of likely N-dealkylation sites (tertiary alicyclic amines) is 1. The Bertz CT molecular complexity index is 1050. The molecule has 2 heterocycles. The van der Waals surface area contributed by atoms with Crippen LogP contribution in [-0.4, -0.2) is 38.7 Å². The molecule has 0 bridgehead atoms. The van der Waals surface area contributed by atoms with Crippen molar-refractivity contribution in [2.24, 2.45) is 0 Å². The van der Waals surface area contributed by atoms with Gasteiger partial charge in [-0.15, -0.1) is 11.8 Å². The summed E-state index contributed by atoms with van der Waals surface area (Å²) in [6.45, 7) is 3.65. The Balaban J connectivity index is 1.37. The molecular weight excluding hydrogens is 370 g/mol. The number of aromatic nitrogens is 2. The van der Waals surface area contributed by atoms with Crippen molar-refractivity contribution in [2.45, 2.75) is 36.5 Å². The van der Waals surface area contributed by atoms with Gasteiger partial charge in [-0.05, 0) is 43.5 Å². The van der Waals surface area contributed by atoms with E-state index in [4.69, 9.17) is 0 Å². The van der Waals surface area contributed by atoms with Gasteiger partial charge in [0, 0.05) is 23.2 Å². The van der Waals surface area contributed by atoms with Crippen molar-refractivity contribution < 1.29 is 4.79 Å². The van der Waals surface area contributed by atoms with Crippen LogP contribution < -0.4 is 5.56 Å². The van der Waals surface area contributed by atoms with Crippen molar-refractivity contribution in [1.82, 2.24) is 14.5 Å². The van der Waals surface area contributed by atoms with Crippen molar-refractivity contribution in [2.75, 3.05) is 13.1 Å². The van der Waals surface area contributed by atoms with E-state index in [-0.39, 0.29) is 18.0 Å². The number of fused-ring (bicyclic) bond motifs is 1. The molecule has 1 aliphatic rings. The maximum Gasteiger partial charge on any atom is 0.261 e. The number of hydrogen-bond donors (Lipinski definition) is 0. The highest BCUT2D eigenvalue weighted by Crippen LogP contribution is 2.32. The van der Waals surface area contributed by atoms with E-state index in [0.717, 1.165) is 25.9 Å². The SMILES string of the molecule is Cc1ccccc1SC1CCN(C(=O)Cn2cnc3ccccc3c2=O)CC1. The highest BCUT2D eigenvalue weighted by molar-refractivity contribution is 8.00. The first kappa shape index (κ1) is 18.7. The van der Waals surface area contributed by atoms with E-state index in [0.29, 0.717) is 16.2 Å². The molecule has 1 saturated heterocycles. The van der Waals surface area contributed by atoms with Gasteiger partial charge in [0.05, 0.1) is 17.2 Å². The van der Waals surface area contributed by atoms with E-state index in [1.54, 1.807) is 12.1 Å². The molecule has 2 aromatic carbocycles. The van der Waals surface area contributed by atoms with Crippen LogP contribution in [0.25, 0.3) is 10.9 Å². The number of carbonyl (C=O) groups excluding carboxylic acids is 1. The number of nitrogens with zero attached hydrogens (tertiary/aromatic N) is 3. The molecule has 28 heavy (non-hydrogen) atoms. The number of hydrogen-bond acceptors (Lipinski definition) is 4. The number of rotatable bonds is 4. The lowest BCUT2D eigenvalue weighted by Crippen LogP contribution is -2.42. The molecule has 0 unspecified atom stereocenters. The second kappa shape index (κ2) is 8.19. The van der Waals surface area contributed by atoms with Gasteiger partial charge in [0.25, 0.3) is 5.56 Å². The Kier molecular flexibility index (Phi) is 5.48. The first-order valence-electron chi connectivity index (χ1n) is 9.56. The maximum atomic E-state index is 12.7. The van der Waals surface area contributed by atoms with Crippen molar-refractivity contribution >= 4 is 28.6 Å². The fourth-order valence-electron chi connectivity index (χ4n) is 3.56. The number of carbonyl (C=O) groups is 1. The molecule has 1 aliphatic heterocycles. The Hall–Kier alpha value is -2.60. The zero-order chi connectivity index (χ0) is 19.5. The zero-order valence-electron chi connectivity index (χ0n) is 15.9. The van der Waals surface area contributed by atoms with Crippen LogP contribution in [-0.2, 0) is 11.3 Å². The Morgan fingerprint density at radius 2 is 1.82 bits per heavy atom. The van der Waals surface area contributed by atoms with Gasteiger partial charge < -0.3 is 4.90 Å². The van der Waals surface area contributed by atoms with Crippen LogP contribution in [0.3, 0.4) is 0 Å². The van der Waals surface area contributed by atoms with Crippen LogP contribution in [0.5, 0.6) is 0 Å². The molecule has 3 aromatic rings. The summed E-state index contributed by atoms with van der Waals surface area (Å²) in [5.41, 5.74) is 1.79. The Labute approximate surface area is 168 Å². The third kappa shape index (κ3) is 3.97. The van der Waals surface area contributed by atoms with E-state index in [2.05, 4.69) is 36.2 Å². The van der Waals surface area contributed by atoms with Gasteiger partial charge in [-0.1, -0.05) is 30.3 Å². The van der Waals surface area contributed by atoms with Crippen molar-refractivity contribution in [3.63, 3.8) is 0 Å². The Morgan fingerprint density at radius 3 is 2.61 bits per heavy atom. The second-order valence-corrected chi connectivity index (χ2v) is 8.50. The van der Waals surface area contributed by atoms with E-state index in [9.17, 15) is 9.59 Å². The summed E-state index contributed by atoms with van der Waals surface area (Å²) in [5.74, 6) is -0.0153. The third-order valence-corrected chi connectivity index (χ3v) is 6.74. The molecular formula is C22H23N3O2S. The molecule has 5 nitrogen and oxygen atoms in total. The molecule has 4 rings (SSSR count). The molecule has 0 saturated carbocycles. The largest absolute Gasteiger partial charge is 0.341 e. The number of thioether (sulfide) groups is 1. The van der Waals surface area contributed by atoms with Gasteiger partial charge in [-0.2, -0.15) is 0 Å². The van der Waals surface area contributed by atoms with Gasteiger partial charge in [0.15, 0.2) is 0 Å². The van der Waals surface area contributed by atoms with Crippen LogP contribution in [0.15, 0.2) is 64.5 Å². The molecule has 6 heteroatoms. The lowest BCUT2D eigenvalue weighted by atomic mass is 10.1. The number of benzene rings is 2. The van der Waals surface area contributed by atoms with Crippen LogP contribution in [0, 0.1) is 6.92 Å². The minimum atomic E-state index is -0.163. The van der Waals surface area contributed by atoms with E-state index in [1.807, 2.05) is 28.8 Å². The second-order valence-electron chi connectivity index (χ2n) is 7.16. The topological polar surface area (TPSA) is 55.2 Å². The fourth-order valence-corrected chi connectivity index (χ4v) is 4.77. The molecule has 0 radical (unpaired) electrons. The predicted molar refractivity (Wildman–Crippen MR) is 113 cm³/mol. The lowest BCUT2D eigenvalue weighted by Gasteiger charge is -2.32. The highest BCUT2D eigenvalue weighted by Gasteiger charge is 2.24. The zero-order valence-corrected chi connectivity index (χ0v) is 16.7. The van der Waals surface area contributed by atoms with Crippen LogP contribution in [0.4, 0.5) is 0 Å². The smallest absolute Gasteiger partial charge is 0.261 e. The molecule has 1 aromatic heterocycles. The highest BCUT2D eigenvalue weighted by atomic mass is 32.2. The van der Waals surface area contributed by atoms with Gasteiger partial charge in [0.1, 0.15) is 6.54 Å². The molecule has 0 aliphatic carbocycles. The summed E-state index contributed by atoms with van der Waals surface area (Å²) < 4.78 is 1.42. The summed E-state index contributed by atoms with van der Waals surface area (Å²) in [4.78, 5) is 32.8. The summed E-state index contributed by atoms with van der Waals surface area (Å²) in [6.07, 6.45) is 3.41. The quantitative estimate of drug-likeness (QED) is 0.681.